The molecule has 12 nitrogen and oxygen atoms in total. The molecule has 2 atom stereocenters. The van der Waals surface area contributed by atoms with Crippen LogP contribution in [0.5, 0.6) is 23.0 Å². The molecule has 0 saturated heterocycles. The maximum atomic E-state index is 15.4. The molecule has 14 heteroatoms. The number of ether oxygens (including phenoxy) is 4. The van der Waals surface area contributed by atoms with E-state index in [9.17, 15) is 19.2 Å². The van der Waals surface area contributed by atoms with E-state index >= 15 is 4.39 Å². The van der Waals surface area contributed by atoms with Gasteiger partial charge in [-0.15, -0.1) is 0 Å². The van der Waals surface area contributed by atoms with Crippen molar-refractivity contribution < 1.29 is 52.7 Å². The number of nitrogens with zero attached hydrogens (tertiary/aromatic N) is 2. The van der Waals surface area contributed by atoms with E-state index in [1.165, 1.54) is 33.0 Å². The van der Waals surface area contributed by atoms with Gasteiger partial charge in [-0.1, -0.05) is 25.4 Å². The molecule has 0 saturated carbocycles. The molecule has 0 aromatic heterocycles. The number of amides is 2. The lowest BCUT2D eigenvalue weighted by Gasteiger charge is -2.17. The Kier molecular flexibility index (Phi) is 10.6. The summed E-state index contributed by atoms with van der Waals surface area (Å²) in [4.78, 5) is 50.5. The monoisotopic (exact) mass is 650 g/mol. The van der Waals surface area contributed by atoms with Gasteiger partial charge in [-0.05, 0) is 23.3 Å². The van der Waals surface area contributed by atoms with Crippen LogP contribution in [0.25, 0.3) is 0 Å². The van der Waals surface area contributed by atoms with Crippen LogP contribution in [0.4, 0.5) is 4.39 Å². The van der Waals surface area contributed by atoms with Gasteiger partial charge in [0.1, 0.15) is 0 Å². The van der Waals surface area contributed by atoms with Gasteiger partial charge >= 0.3 is 11.9 Å². The van der Waals surface area contributed by atoms with Crippen LogP contribution in [0.1, 0.15) is 55.4 Å². The van der Waals surface area contributed by atoms with Gasteiger partial charge in [-0.2, -0.15) is 0 Å². The lowest BCUT2D eigenvalue weighted by Crippen LogP contribution is -2.28. The van der Waals surface area contributed by atoms with E-state index in [2.05, 4.69) is 0 Å². The van der Waals surface area contributed by atoms with E-state index in [1.807, 2.05) is 0 Å². The number of carbonyl (C=O) groups is 4. The van der Waals surface area contributed by atoms with Gasteiger partial charge in [-0.25, -0.2) is 4.39 Å². The molecule has 2 aromatic carbocycles. The summed E-state index contributed by atoms with van der Waals surface area (Å²) >= 11 is 6.61. The van der Waals surface area contributed by atoms with Gasteiger partial charge in [0.25, 0.3) is 0 Å². The molecule has 0 radical (unpaired) electrons. The molecular formula is C31H36ClFN2O10. The van der Waals surface area contributed by atoms with Gasteiger partial charge in [0.15, 0.2) is 28.8 Å². The number of fused-ring (bicyclic) bond motifs is 2. The van der Waals surface area contributed by atoms with Crippen LogP contribution in [-0.4, -0.2) is 71.2 Å². The third-order valence-electron chi connectivity index (χ3n) is 7.91. The maximum absolute atomic E-state index is 15.4. The largest absolute Gasteiger partial charge is 0.493 e. The minimum Gasteiger partial charge on any atom is -0.493 e. The molecule has 2 heterocycles. The average molecular weight is 651 g/mol. The Labute approximate surface area is 264 Å². The summed E-state index contributed by atoms with van der Waals surface area (Å²) in [7, 11) is 2.79. The summed E-state index contributed by atoms with van der Waals surface area (Å²) in [6, 6.07) is 3.59. The van der Waals surface area contributed by atoms with Crippen LogP contribution in [0.3, 0.4) is 0 Å². The van der Waals surface area contributed by atoms with Crippen molar-refractivity contribution in [3.05, 3.63) is 45.2 Å². The summed E-state index contributed by atoms with van der Waals surface area (Å²) in [6.45, 7) is 3.84. The smallest absolute Gasteiger partial charge is 0.306 e. The molecule has 45 heavy (non-hydrogen) atoms. The van der Waals surface area contributed by atoms with E-state index in [0.717, 1.165) is 11.1 Å². The van der Waals surface area contributed by atoms with Crippen molar-refractivity contribution in [2.45, 2.75) is 59.3 Å². The van der Waals surface area contributed by atoms with Crippen molar-refractivity contribution >= 4 is 35.4 Å². The van der Waals surface area contributed by atoms with Gasteiger partial charge < -0.3 is 39.0 Å². The molecule has 2 amide bonds. The SMILES string of the molecule is COc1cc2c(cc1OCCCOc1c(Cl)c3c(c(F)c1OC)CN(C(=O)C[C@H](C)C(=O)O)C3)CN(C(=O)C[C@H](C)C(=O)O)C2. The molecule has 0 bridgehead atoms. The second-order valence-corrected chi connectivity index (χ2v) is 11.5. The topological polar surface area (TPSA) is 152 Å². The Hall–Kier alpha value is -4.26. The predicted octanol–water partition coefficient (Wildman–Crippen LogP) is 4.25. The molecule has 2 N–H and O–H groups in total. The van der Waals surface area contributed by atoms with Crippen LogP contribution < -0.4 is 18.9 Å². The normalized spacial score (nSPS) is 14.8. The zero-order valence-electron chi connectivity index (χ0n) is 25.5. The lowest BCUT2D eigenvalue weighted by molar-refractivity contribution is -0.145. The Morgan fingerprint density at radius 1 is 0.800 bits per heavy atom. The second-order valence-electron chi connectivity index (χ2n) is 11.2. The van der Waals surface area contributed by atoms with Crippen molar-refractivity contribution in [3.63, 3.8) is 0 Å². The van der Waals surface area contributed by atoms with Crippen molar-refractivity contribution in [1.29, 1.82) is 0 Å². The lowest BCUT2D eigenvalue weighted by atomic mass is 10.1. The molecule has 2 aromatic rings. The minimum atomic E-state index is -1.09. The molecule has 4 rings (SSSR count). The highest BCUT2D eigenvalue weighted by Crippen LogP contribution is 2.46. The molecule has 0 unspecified atom stereocenters. The van der Waals surface area contributed by atoms with E-state index < -0.39 is 35.5 Å². The fourth-order valence-corrected chi connectivity index (χ4v) is 5.53. The number of hydrogen-bond donors (Lipinski definition) is 2. The zero-order chi connectivity index (χ0) is 33.0. The number of benzene rings is 2. The van der Waals surface area contributed by atoms with Gasteiger partial charge in [-0.3, -0.25) is 19.2 Å². The number of halogens is 2. The first-order chi connectivity index (χ1) is 21.4. The van der Waals surface area contributed by atoms with Crippen molar-refractivity contribution in [2.75, 3.05) is 27.4 Å². The third-order valence-corrected chi connectivity index (χ3v) is 8.31. The van der Waals surface area contributed by atoms with Crippen molar-refractivity contribution in [2.24, 2.45) is 11.8 Å². The number of methoxy groups -OCH3 is 2. The van der Waals surface area contributed by atoms with Crippen LogP contribution in [0.2, 0.25) is 5.02 Å². The van der Waals surface area contributed by atoms with E-state index in [4.69, 9.17) is 40.8 Å². The molecule has 244 valence electrons. The summed E-state index contributed by atoms with van der Waals surface area (Å²) in [6.07, 6.45) is 0.0590. The standard InChI is InChI=1S/C31H36ClFN2O10/c1-16(30(38)39)8-24(36)34-12-18-10-22(42-3)23(11-19(18)13-34)44-6-5-7-45-28-26(32)20-14-35(25(37)9-17(2)31(40)41)15-21(20)27(33)29(28)43-4/h10-11,16-17H,5-9,12-15H2,1-4H3,(H,38,39)(H,40,41)/t16-,17-/m0/s1. The van der Waals surface area contributed by atoms with Gasteiger partial charge in [0.2, 0.25) is 11.8 Å². The van der Waals surface area contributed by atoms with Crippen LogP contribution in [-0.2, 0) is 45.4 Å². The Morgan fingerprint density at radius 2 is 1.31 bits per heavy atom. The zero-order valence-corrected chi connectivity index (χ0v) is 26.2. The Balaban J connectivity index is 1.36. The molecule has 2 aliphatic rings. The number of rotatable bonds is 14. The highest BCUT2D eigenvalue weighted by atomic mass is 35.5. The first-order valence-corrected chi connectivity index (χ1v) is 14.8. The summed E-state index contributed by atoms with van der Waals surface area (Å²) in [5, 5.41) is 18.4. The molecule has 0 spiro atoms. The molecular weight excluding hydrogens is 615 g/mol. The number of carboxylic acid groups (broad SMARTS) is 2. The van der Waals surface area contributed by atoms with Crippen LogP contribution in [0, 0.1) is 17.7 Å². The summed E-state index contributed by atoms with van der Waals surface area (Å²) < 4.78 is 37.9. The van der Waals surface area contributed by atoms with Crippen LogP contribution >= 0.6 is 11.6 Å². The van der Waals surface area contributed by atoms with Crippen molar-refractivity contribution in [3.8, 4) is 23.0 Å². The summed E-state index contributed by atoms with van der Waals surface area (Å²) in [5.74, 6) is -4.40. The second kappa shape index (κ2) is 14.2. The minimum absolute atomic E-state index is 0.000654. The highest BCUT2D eigenvalue weighted by molar-refractivity contribution is 6.33. The number of hydrogen-bond acceptors (Lipinski definition) is 8. The maximum Gasteiger partial charge on any atom is 0.306 e. The first-order valence-electron chi connectivity index (χ1n) is 14.4. The Morgan fingerprint density at radius 3 is 1.84 bits per heavy atom. The number of carboxylic acids is 2. The Bertz CT molecular complexity index is 1500. The molecule has 0 fully saturated rings. The third kappa shape index (κ3) is 7.35. The molecule has 0 aliphatic carbocycles. The quantitative estimate of drug-likeness (QED) is 0.284. The first kappa shape index (κ1) is 33.6. The fraction of sp³-hybridized carbons (Fsp3) is 0.484. The highest BCUT2D eigenvalue weighted by Gasteiger charge is 2.34. The van der Waals surface area contributed by atoms with Crippen molar-refractivity contribution in [1.82, 2.24) is 9.80 Å². The van der Waals surface area contributed by atoms with E-state index in [-0.39, 0.29) is 67.1 Å². The van der Waals surface area contributed by atoms with Crippen LogP contribution in [0.15, 0.2) is 12.1 Å². The molecule has 2 aliphatic heterocycles. The number of aliphatic carboxylic acids is 2. The summed E-state index contributed by atoms with van der Waals surface area (Å²) in [5.41, 5.74) is 2.33. The van der Waals surface area contributed by atoms with Gasteiger partial charge in [0.05, 0.1) is 44.3 Å². The number of carbonyl (C=O) groups excluding carboxylic acids is 2. The predicted molar refractivity (Wildman–Crippen MR) is 158 cm³/mol. The van der Waals surface area contributed by atoms with E-state index in [1.54, 1.807) is 17.0 Å². The fourth-order valence-electron chi connectivity index (χ4n) is 5.22. The van der Waals surface area contributed by atoms with Gasteiger partial charge in [0, 0.05) is 56.6 Å². The average Bonchev–Trinajstić information content (AvgIpc) is 3.64. The van der Waals surface area contributed by atoms with E-state index in [0.29, 0.717) is 36.6 Å².